The van der Waals surface area contributed by atoms with Gasteiger partial charge in [0.05, 0.1) is 12.0 Å². The van der Waals surface area contributed by atoms with Crippen LogP contribution >= 0.6 is 0 Å². The summed E-state index contributed by atoms with van der Waals surface area (Å²) >= 11 is 0. The summed E-state index contributed by atoms with van der Waals surface area (Å²) < 4.78 is 0. The second kappa shape index (κ2) is 6.02. The number of rotatable bonds is 4. The van der Waals surface area contributed by atoms with Crippen LogP contribution < -0.4 is 5.11 Å². The average molecular weight is 294 g/mol. The predicted octanol–water partition coefficient (Wildman–Crippen LogP) is 1.05. The van der Waals surface area contributed by atoms with E-state index in [-0.39, 0.29) is 5.91 Å². The molecule has 0 unspecified atom stereocenters. The van der Waals surface area contributed by atoms with Crippen LogP contribution in [-0.4, -0.2) is 29.4 Å². The average Bonchev–Trinajstić information content (AvgIpc) is 2.54. The van der Waals surface area contributed by atoms with Gasteiger partial charge in [-0.05, 0) is 30.0 Å². The minimum Gasteiger partial charge on any atom is -0.548 e. The molecule has 0 aliphatic carbocycles. The van der Waals surface area contributed by atoms with Gasteiger partial charge in [-0.25, -0.2) is 0 Å². The summed E-state index contributed by atoms with van der Waals surface area (Å²) in [5.74, 6) is -1.43. The Balaban J connectivity index is 1.84. The highest BCUT2D eigenvalue weighted by molar-refractivity contribution is 5.99. The van der Waals surface area contributed by atoms with E-state index in [2.05, 4.69) is 0 Å². The molecular formula is C18H16NO3-. The van der Waals surface area contributed by atoms with Gasteiger partial charge in [0, 0.05) is 12.1 Å². The van der Waals surface area contributed by atoms with Crippen molar-refractivity contribution in [3.63, 3.8) is 0 Å². The minimum atomic E-state index is -1.20. The molecule has 1 aliphatic rings. The summed E-state index contributed by atoms with van der Waals surface area (Å²) in [5.41, 5.74) is 2.44. The zero-order valence-corrected chi connectivity index (χ0v) is 12.1. The van der Waals surface area contributed by atoms with E-state index < -0.39 is 12.0 Å². The van der Waals surface area contributed by atoms with Gasteiger partial charge in [-0.3, -0.25) is 4.79 Å². The summed E-state index contributed by atoms with van der Waals surface area (Å²) in [5, 5.41) is 11.4. The number of aliphatic carboxylic acids is 1. The summed E-state index contributed by atoms with van der Waals surface area (Å²) in [7, 11) is 0. The van der Waals surface area contributed by atoms with Gasteiger partial charge in [0.25, 0.3) is 5.91 Å². The second-order valence-corrected chi connectivity index (χ2v) is 5.43. The first kappa shape index (κ1) is 14.3. The van der Waals surface area contributed by atoms with Gasteiger partial charge in [0.1, 0.15) is 0 Å². The predicted molar refractivity (Wildman–Crippen MR) is 80.1 cm³/mol. The summed E-state index contributed by atoms with van der Waals surface area (Å²) in [6, 6.07) is 16.0. The molecule has 0 aromatic heterocycles. The van der Waals surface area contributed by atoms with E-state index in [1.165, 1.54) is 4.90 Å². The molecule has 0 bridgehead atoms. The number of amides is 1. The highest BCUT2D eigenvalue weighted by atomic mass is 16.4. The maximum Gasteiger partial charge on any atom is 0.254 e. The van der Waals surface area contributed by atoms with Gasteiger partial charge in [0.15, 0.2) is 0 Å². The molecule has 4 nitrogen and oxygen atoms in total. The number of carboxylic acids is 1. The fourth-order valence-electron chi connectivity index (χ4n) is 2.88. The quantitative estimate of drug-likeness (QED) is 0.846. The lowest BCUT2D eigenvalue weighted by molar-refractivity contribution is -0.311. The lowest BCUT2D eigenvalue weighted by Gasteiger charge is -2.37. The number of carboxylic acid groups (broad SMARTS) is 1. The van der Waals surface area contributed by atoms with Crippen molar-refractivity contribution in [3.05, 3.63) is 71.3 Å². The van der Waals surface area contributed by atoms with Crippen LogP contribution in [0, 0.1) is 0 Å². The Labute approximate surface area is 129 Å². The van der Waals surface area contributed by atoms with E-state index in [1.807, 2.05) is 36.4 Å². The molecule has 2 aromatic carbocycles. The molecule has 0 saturated carbocycles. The van der Waals surface area contributed by atoms with Gasteiger partial charge in [-0.2, -0.15) is 0 Å². The van der Waals surface area contributed by atoms with Crippen LogP contribution in [0.15, 0.2) is 54.6 Å². The topological polar surface area (TPSA) is 60.4 Å². The molecule has 1 aliphatic heterocycles. The highest BCUT2D eigenvalue weighted by Crippen LogP contribution is 2.23. The molecule has 112 valence electrons. The summed E-state index contributed by atoms with van der Waals surface area (Å²) in [6.45, 7) is 0.371. The number of hydrogen-bond donors (Lipinski definition) is 0. The first-order chi connectivity index (χ1) is 10.7. The van der Waals surface area contributed by atoms with Crippen molar-refractivity contribution >= 4 is 11.9 Å². The van der Waals surface area contributed by atoms with Crippen molar-refractivity contribution in [2.24, 2.45) is 0 Å². The second-order valence-electron chi connectivity index (χ2n) is 5.43. The van der Waals surface area contributed by atoms with E-state index in [1.54, 1.807) is 18.2 Å². The molecule has 0 saturated heterocycles. The number of fused-ring (bicyclic) bond motifs is 1. The van der Waals surface area contributed by atoms with Crippen molar-refractivity contribution in [1.29, 1.82) is 0 Å². The van der Waals surface area contributed by atoms with Gasteiger partial charge in [-0.1, -0.05) is 48.5 Å². The SMILES string of the molecule is O=C([O-])[C@H]1Cc2ccccc2C(=O)N1CCc1ccccc1. The zero-order chi connectivity index (χ0) is 15.5. The van der Waals surface area contributed by atoms with Crippen LogP contribution in [0.1, 0.15) is 21.5 Å². The van der Waals surface area contributed by atoms with Crippen LogP contribution in [0.2, 0.25) is 0 Å². The minimum absolute atomic E-state index is 0.230. The summed E-state index contributed by atoms with van der Waals surface area (Å²) in [4.78, 5) is 25.4. The number of nitrogens with zero attached hydrogens (tertiary/aromatic N) is 1. The Morgan fingerprint density at radius 3 is 2.50 bits per heavy atom. The molecule has 1 heterocycles. The zero-order valence-electron chi connectivity index (χ0n) is 12.1. The van der Waals surface area contributed by atoms with Crippen molar-refractivity contribution in [1.82, 2.24) is 4.90 Å². The maximum atomic E-state index is 12.6. The molecule has 3 rings (SSSR count). The Kier molecular flexibility index (Phi) is 3.92. The van der Waals surface area contributed by atoms with Gasteiger partial charge < -0.3 is 14.8 Å². The molecular weight excluding hydrogens is 278 g/mol. The first-order valence-electron chi connectivity index (χ1n) is 7.30. The van der Waals surface area contributed by atoms with Gasteiger partial charge >= 0.3 is 0 Å². The Hall–Kier alpha value is -2.62. The molecule has 4 heteroatoms. The van der Waals surface area contributed by atoms with Crippen LogP contribution in [-0.2, 0) is 17.6 Å². The smallest absolute Gasteiger partial charge is 0.254 e. The van der Waals surface area contributed by atoms with E-state index in [9.17, 15) is 14.7 Å². The summed E-state index contributed by atoms with van der Waals surface area (Å²) in [6.07, 6.45) is 0.928. The Morgan fingerprint density at radius 1 is 1.09 bits per heavy atom. The lowest BCUT2D eigenvalue weighted by atomic mass is 9.93. The van der Waals surface area contributed by atoms with Crippen molar-refractivity contribution < 1.29 is 14.7 Å². The van der Waals surface area contributed by atoms with Gasteiger partial charge in [0.2, 0.25) is 0 Å². The third-order valence-electron chi connectivity index (χ3n) is 4.05. The molecule has 0 spiro atoms. The number of benzene rings is 2. The van der Waals surface area contributed by atoms with Crippen LogP contribution in [0.3, 0.4) is 0 Å². The van der Waals surface area contributed by atoms with E-state index >= 15 is 0 Å². The highest BCUT2D eigenvalue weighted by Gasteiger charge is 2.32. The molecule has 0 N–H and O–H groups in total. The normalized spacial score (nSPS) is 17.2. The van der Waals surface area contributed by atoms with Crippen LogP contribution in [0.25, 0.3) is 0 Å². The molecule has 22 heavy (non-hydrogen) atoms. The molecule has 2 aromatic rings. The third-order valence-corrected chi connectivity index (χ3v) is 4.05. The molecule has 0 fully saturated rings. The molecule has 0 radical (unpaired) electrons. The Bertz CT molecular complexity index is 696. The Morgan fingerprint density at radius 2 is 1.77 bits per heavy atom. The van der Waals surface area contributed by atoms with Gasteiger partial charge in [-0.15, -0.1) is 0 Å². The number of carbonyl (C=O) groups excluding carboxylic acids is 2. The fraction of sp³-hybridized carbons (Fsp3) is 0.222. The van der Waals surface area contributed by atoms with Crippen molar-refractivity contribution in [2.45, 2.75) is 18.9 Å². The van der Waals surface area contributed by atoms with E-state index in [4.69, 9.17) is 0 Å². The number of hydrogen-bond acceptors (Lipinski definition) is 3. The maximum absolute atomic E-state index is 12.6. The monoisotopic (exact) mass is 294 g/mol. The van der Waals surface area contributed by atoms with Crippen LogP contribution in [0.5, 0.6) is 0 Å². The molecule has 1 amide bonds. The fourth-order valence-corrected chi connectivity index (χ4v) is 2.88. The third kappa shape index (κ3) is 2.72. The molecule has 1 atom stereocenters. The van der Waals surface area contributed by atoms with E-state index in [0.29, 0.717) is 24.9 Å². The number of carbonyl (C=O) groups is 2. The largest absolute Gasteiger partial charge is 0.548 e. The van der Waals surface area contributed by atoms with Crippen LogP contribution in [0.4, 0.5) is 0 Å². The van der Waals surface area contributed by atoms with Crippen molar-refractivity contribution in [2.75, 3.05) is 6.54 Å². The van der Waals surface area contributed by atoms with Crippen molar-refractivity contribution in [3.8, 4) is 0 Å². The van der Waals surface area contributed by atoms with E-state index in [0.717, 1.165) is 11.1 Å². The standard InChI is InChI=1S/C18H17NO3/c20-17-15-9-5-4-8-14(15)12-16(18(21)22)19(17)11-10-13-6-2-1-3-7-13/h1-9,16H,10-12H2,(H,21,22)/p-1/t16-/m1/s1. The first-order valence-corrected chi connectivity index (χ1v) is 7.30. The lowest BCUT2D eigenvalue weighted by Crippen LogP contribution is -2.55.